The van der Waals surface area contributed by atoms with Crippen LogP contribution in [0.5, 0.6) is 0 Å². The average Bonchev–Trinajstić information content (AvgIpc) is 2.75. The Hall–Kier alpha value is -3.11. The Bertz CT molecular complexity index is 1030. The molecule has 2 amide bonds. The van der Waals surface area contributed by atoms with Crippen LogP contribution in [0, 0.1) is 0 Å². The van der Waals surface area contributed by atoms with Crippen molar-refractivity contribution in [1.82, 2.24) is 4.31 Å². The number of sulfonamides is 1. The smallest absolute Gasteiger partial charge is 0.404 e. The summed E-state index contributed by atoms with van der Waals surface area (Å²) in [6.07, 6.45) is 1.19. The predicted octanol–water partition coefficient (Wildman–Crippen LogP) is 2.55. The molecule has 1 aliphatic rings. The van der Waals surface area contributed by atoms with E-state index in [-0.39, 0.29) is 23.5 Å². The number of anilines is 2. The topological polar surface area (TPSA) is 131 Å². The summed E-state index contributed by atoms with van der Waals surface area (Å²) in [6.45, 7) is 2.50. The number of hydrogen-bond donors (Lipinski definition) is 3. The molecule has 2 aromatic rings. The van der Waals surface area contributed by atoms with E-state index in [0.717, 1.165) is 11.3 Å². The number of amides is 2. The molecule has 2 aromatic carbocycles. The van der Waals surface area contributed by atoms with Crippen LogP contribution in [-0.2, 0) is 26.0 Å². The number of ether oxygens (including phenoxy) is 1. The van der Waals surface area contributed by atoms with Crippen molar-refractivity contribution in [2.75, 3.05) is 30.3 Å². The van der Waals surface area contributed by atoms with Gasteiger partial charge < -0.3 is 21.1 Å². The van der Waals surface area contributed by atoms with E-state index < -0.39 is 16.1 Å². The molecule has 0 radical (unpaired) electrons. The van der Waals surface area contributed by atoms with Crippen LogP contribution in [0.1, 0.15) is 25.3 Å². The number of benzene rings is 2. The highest BCUT2D eigenvalue weighted by molar-refractivity contribution is 7.89. The highest BCUT2D eigenvalue weighted by atomic mass is 32.2. The molecular formula is C22H28N4O5S. The van der Waals surface area contributed by atoms with E-state index >= 15 is 0 Å². The van der Waals surface area contributed by atoms with Crippen molar-refractivity contribution >= 4 is 33.4 Å². The second kappa shape index (κ2) is 10.5. The molecule has 10 heteroatoms. The van der Waals surface area contributed by atoms with Gasteiger partial charge in [-0.3, -0.25) is 4.79 Å². The van der Waals surface area contributed by atoms with Gasteiger partial charge in [0, 0.05) is 43.9 Å². The minimum absolute atomic E-state index is 0.174. The normalized spacial score (nSPS) is 15.2. The molecule has 0 atom stereocenters. The first-order valence-corrected chi connectivity index (χ1v) is 11.8. The van der Waals surface area contributed by atoms with Gasteiger partial charge in [-0.25, -0.2) is 13.2 Å². The maximum absolute atomic E-state index is 12.9. The first-order chi connectivity index (χ1) is 15.2. The van der Waals surface area contributed by atoms with Crippen LogP contribution in [0.4, 0.5) is 16.2 Å². The van der Waals surface area contributed by atoms with Crippen molar-refractivity contribution in [3.05, 3.63) is 54.1 Å². The van der Waals surface area contributed by atoms with Crippen LogP contribution in [0.15, 0.2) is 53.4 Å². The highest BCUT2D eigenvalue weighted by Crippen LogP contribution is 2.24. The predicted molar refractivity (Wildman–Crippen MR) is 122 cm³/mol. The molecule has 9 nitrogen and oxygen atoms in total. The molecular weight excluding hydrogens is 432 g/mol. The second-order valence-corrected chi connectivity index (χ2v) is 9.58. The first-order valence-electron chi connectivity index (χ1n) is 10.4. The van der Waals surface area contributed by atoms with Crippen molar-refractivity contribution in [2.24, 2.45) is 5.73 Å². The fraction of sp³-hybridized carbons (Fsp3) is 0.364. The van der Waals surface area contributed by atoms with Crippen LogP contribution in [0.2, 0.25) is 0 Å². The summed E-state index contributed by atoms with van der Waals surface area (Å²) in [6, 6.07) is 14.2. The number of nitrogens with two attached hydrogens (primary N) is 1. The zero-order chi connectivity index (χ0) is 23.1. The van der Waals surface area contributed by atoms with Crippen LogP contribution in [-0.4, -0.2) is 50.5 Å². The summed E-state index contributed by atoms with van der Waals surface area (Å²) in [5.41, 5.74) is 7.50. The van der Waals surface area contributed by atoms with Crippen LogP contribution in [0.3, 0.4) is 0 Å². The van der Waals surface area contributed by atoms with Crippen LogP contribution < -0.4 is 16.4 Å². The number of nitrogens with one attached hydrogen (secondary N) is 2. The van der Waals surface area contributed by atoms with Gasteiger partial charge in [0.1, 0.15) is 0 Å². The fourth-order valence-corrected chi connectivity index (χ4v) is 5.05. The van der Waals surface area contributed by atoms with Crippen molar-refractivity contribution in [2.45, 2.75) is 37.1 Å². The maximum atomic E-state index is 12.9. The molecule has 32 heavy (non-hydrogen) atoms. The molecule has 172 valence electrons. The first kappa shape index (κ1) is 23.6. The fourth-order valence-electron chi connectivity index (χ4n) is 3.58. The van der Waals surface area contributed by atoms with Crippen LogP contribution in [0.25, 0.3) is 0 Å². The molecule has 1 aliphatic heterocycles. The number of hydrogen-bond acceptors (Lipinski definition) is 6. The van der Waals surface area contributed by atoms with Crippen molar-refractivity contribution in [1.29, 1.82) is 0 Å². The zero-order valence-electron chi connectivity index (χ0n) is 17.9. The van der Waals surface area contributed by atoms with Gasteiger partial charge in [-0.05, 0) is 54.8 Å². The Morgan fingerprint density at radius 2 is 1.62 bits per heavy atom. The minimum atomic E-state index is -3.58. The number of primary amides is 1. The summed E-state index contributed by atoms with van der Waals surface area (Å²) in [4.78, 5) is 22.0. The number of piperidine rings is 1. The number of nitrogens with zero attached hydrogens (tertiary/aromatic N) is 1. The van der Waals surface area contributed by atoms with E-state index in [1.807, 2.05) is 24.3 Å². The van der Waals surface area contributed by atoms with Crippen molar-refractivity contribution in [3.63, 3.8) is 0 Å². The maximum Gasteiger partial charge on any atom is 0.404 e. The number of carbonyl (C=O) groups excluding carboxylic acids is 2. The largest absolute Gasteiger partial charge is 0.449 e. The second-order valence-electron chi connectivity index (χ2n) is 7.64. The van der Waals surface area contributed by atoms with Gasteiger partial charge >= 0.3 is 6.09 Å². The van der Waals surface area contributed by atoms with E-state index in [9.17, 15) is 18.0 Å². The van der Waals surface area contributed by atoms with Gasteiger partial charge in [0.2, 0.25) is 15.9 Å². The zero-order valence-corrected chi connectivity index (χ0v) is 18.7. The highest BCUT2D eigenvalue weighted by Gasteiger charge is 2.29. The third kappa shape index (κ3) is 6.44. The number of carbonyl (C=O) groups is 2. The Balaban J connectivity index is 1.51. The van der Waals surface area contributed by atoms with Gasteiger partial charge in [-0.2, -0.15) is 4.31 Å². The molecule has 0 aromatic heterocycles. The summed E-state index contributed by atoms with van der Waals surface area (Å²) < 4.78 is 32.1. The molecule has 1 heterocycles. The lowest BCUT2D eigenvalue weighted by atomic mass is 10.1. The average molecular weight is 461 g/mol. The quantitative estimate of drug-likeness (QED) is 0.555. The molecule has 0 unspecified atom stereocenters. The molecule has 0 spiro atoms. The SMILES string of the molecule is CC(=O)Nc1ccc(S(=O)(=O)N2CCC(Nc3ccc(CCOC(N)=O)cc3)CC2)cc1. The lowest BCUT2D eigenvalue weighted by Gasteiger charge is -2.32. The molecule has 0 saturated carbocycles. The summed E-state index contributed by atoms with van der Waals surface area (Å²) in [7, 11) is -3.58. The van der Waals surface area contributed by atoms with Gasteiger partial charge in [0.25, 0.3) is 0 Å². The molecule has 4 N–H and O–H groups in total. The minimum Gasteiger partial charge on any atom is -0.449 e. The molecule has 0 bridgehead atoms. The molecule has 1 saturated heterocycles. The summed E-state index contributed by atoms with van der Waals surface area (Å²) >= 11 is 0. The number of rotatable bonds is 8. The van der Waals surface area contributed by atoms with E-state index in [1.165, 1.54) is 23.4 Å². The lowest BCUT2D eigenvalue weighted by molar-refractivity contribution is -0.114. The monoisotopic (exact) mass is 460 g/mol. The Kier molecular flexibility index (Phi) is 7.70. The summed E-state index contributed by atoms with van der Waals surface area (Å²) in [5, 5.41) is 6.08. The van der Waals surface area contributed by atoms with Gasteiger partial charge in [0.15, 0.2) is 0 Å². The Morgan fingerprint density at radius 1 is 1.03 bits per heavy atom. The van der Waals surface area contributed by atoms with Crippen molar-refractivity contribution < 1.29 is 22.7 Å². The standard InChI is InChI=1S/C22H28N4O5S/c1-16(27)24-18-6-8-21(9-7-18)32(29,30)26-13-10-20(11-14-26)25-19-4-2-17(3-5-19)12-15-31-22(23)28/h2-9,20,25H,10-15H2,1H3,(H2,23,28)(H,24,27). The van der Waals surface area contributed by atoms with Gasteiger partial charge in [0.05, 0.1) is 11.5 Å². The molecule has 1 fully saturated rings. The Morgan fingerprint density at radius 3 is 2.19 bits per heavy atom. The van der Waals surface area contributed by atoms with E-state index in [1.54, 1.807) is 12.1 Å². The van der Waals surface area contributed by atoms with Crippen LogP contribution >= 0.6 is 0 Å². The Labute approximate surface area is 188 Å². The third-order valence-corrected chi connectivity index (χ3v) is 7.14. The third-order valence-electron chi connectivity index (χ3n) is 5.23. The molecule has 3 rings (SSSR count). The van der Waals surface area contributed by atoms with E-state index in [2.05, 4.69) is 10.6 Å². The van der Waals surface area contributed by atoms with Gasteiger partial charge in [-0.1, -0.05) is 12.1 Å². The van der Waals surface area contributed by atoms with E-state index in [0.29, 0.717) is 38.0 Å². The summed E-state index contributed by atoms with van der Waals surface area (Å²) in [5.74, 6) is -0.207. The molecule has 0 aliphatic carbocycles. The lowest BCUT2D eigenvalue weighted by Crippen LogP contribution is -2.42. The van der Waals surface area contributed by atoms with Crippen molar-refractivity contribution in [3.8, 4) is 0 Å². The van der Waals surface area contributed by atoms with E-state index in [4.69, 9.17) is 10.5 Å². The van der Waals surface area contributed by atoms with Gasteiger partial charge in [-0.15, -0.1) is 0 Å².